The van der Waals surface area contributed by atoms with Gasteiger partial charge in [0.25, 0.3) is 11.6 Å². The molecule has 4 rings (SSSR count). The maximum Gasteiger partial charge on any atom is 0.282 e. The molecule has 28 heavy (non-hydrogen) atoms. The standard InChI is InChI=1S/C20H14N4O4/c1-12-13(20-23-18-17(28-20)10-5-11-21-18)7-4-8-15(12)22-19(25)14-6-2-3-9-16(14)24(26)27/h2-11H,1H3,(H,22,25). The van der Waals surface area contributed by atoms with Crippen LogP contribution in [-0.4, -0.2) is 20.8 Å². The number of nitrogens with one attached hydrogen (secondary N) is 1. The van der Waals surface area contributed by atoms with Gasteiger partial charge in [0.1, 0.15) is 5.56 Å². The van der Waals surface area contributed by atoms with Gasteiger partial charge in [-0.2, -0.15) is 4.98 Å². The molecule has 0 saturated heterocycles. The lowest BCUT2D eigenvalue weighted by atomic mass is 10.1. The van der Waals surface area contributed by atoms with Crippen molar-refractivity contribution in [3.05, 3.63) is 82.0 Å². The Labute approximate surface area is 159 Å². The number of hydrogen-bond donors (Lipinski definition) is 1. The molecule has 2 aromatic carbocycles. The Morgan fingerprint density at radius 3 is 2.71 bits per heavy atom. The Morgan fingerprint density at radius 2 is 1.93 bits per heavy atom. The van der Waals surface area contributed by atoms with Crippen LogP contribution in [0, 0.1) is 17.0 Å². The van der Waals surface area contributed by atoms with Crippen molar-refractivity contribution in [1.29, 1.82) is 0 Å². The van der Waals surface area contributed by atoms with Crippen molar-refractivity contribution in [1.82, 2.24) is 9.97 Å². The maximum atomic E-state index is 12.6. The average molecular weight is 374 g/mol. The first-order valence-corrected chi connectivity index (χ1v) is 8.41. The number of nitrogens with zero attached hydrogens (tertiary/aromatic N) is 3. The van der Waals surface area contributed by atoms with Crippen LogP contribution >= 0.6 is 0 Å². The number of nitro benzene ring substituents is 1. The number of oxazole rings is 1. The van der Waals surface area contributed by atoms with E-state index in [1.807, 2.05) is 13.0 Å². The van der Waals surface area contributed by atoms with Crippen LogP contribution in [0.1, 0.15) is 15.9 Å². The van der Waals surface area contributed by atoms with Gasteiger partial charge in [-0.25, -0.2) is 4.98 Å². The molecule has 0 aliphatic rings. The fraction of sp³-hybridized carbons (Fsp3) is 0.0500. The molecular formula is C20H14N4O4. The van der Waals surface area contributed by atoms with Crippen molar-refractivity contribution in [3.8, 4) is 11.5 Å². The highest BCUT2D eigenvalue weighted by Gasteiger charge is 2.20. The quantitative estimate of drug-likeness (QED) is 0.420. The van der Waals surface area contributed by atoms with Crippen molar-refractivity contribution >= 4 is 28.5 Å². The van der Waals surface area contributed by atoms with Gasteiger partial charge in [-0.3, -0.25) is 14.9 Å². The Kier molecular flexibility index (Phi) is 4.29. The van der Waals surface area contributed by atoms with Crippen LogP contribution in [0.5, 0.6) is 0 Å². The second kappa shape index (κ2) is 6.92. The maximum absolute atomic E-state index is 12.6. The summed E-state index contributed by atoms with van der Waals surface area (Å²) >= 11 is 0. The largest absolute Gasteiger partial charge is 0.434 e. The Hall–Kier alpha value is -4.07. The molecule has 0 saturated carbocycles. The first-order valence-electron chi connectivity index (χ1n) is 8.41. The third kappa shape index (κ3) is 3.07. The summed E-state index contributed by atoms with van der Waals surface area (Å²) in [4.78, 5) is 31.7. The highest BCUT2D eigenvalue weighted by atomic mass is 16.6. The molecular weight excluding hydrogens is 360 g/mol. The minimum Gasteiger partial charge on any atom is -0.434 e. The number of aromatic nitrogens is 2. The number of rotatable bonds is 4. The summed E-state index contributed by atoms with van der Waals surface area (Å²) in [6, 6.07) is 14.6. The number of nitro groups is 1. The fourth-order valence-electron chi connectivity index (χ4n) is 2.90. The monoisotopic (exact) mass is 374 g/mol. The number of amides is 1. The van der Waals surface area contributed by atoms with Gasteiger partial charge in [-0.1, -0.05) is 18.2 Å². The summed E-state index contributed by atoms with van der Waals surface area (Å²) in [6.07, 6.45) is 1.63. The fourth-order valence-corrected chi connectivity index (χ4v) is 2.90. The van der Waals surface area contributed by atoms with Crippen molar-refractivity contribution in [2.75, 3.05) is 5.32 Å². The third-order valence-corrected chi connectivity index (χ3v) is 4.32. The van der Waals surface area contributed by atoms with Gasteiger partial charge in [0.2, 0.25) is 5.89 Å². The molecule has 2 aromatic heterocycles. The van der Waals surface area contributed by atoms with E-state index in [0.29, 0.717) is 28.4 Å². The number of carbonyl (C=O) groups excluding carboxylic acids is 1. The van der Waals surface area contributed by atoms with Crippen LogP contribution in [0.3, 0.4) is 0 Å². The molecule has 4 aromatic rings. The van der Waals surface area contributed by atoms with E-state index in [2.05, 4.69) is 15.3 Å². The Balaban J connectivity index is 1.69. The van der Waals surface area contributed by atoms with Crippen LogP contribution < -0.4 is 5.32 Å². The van der Waals surface area contributed by atoms with E-state index >= 15 is 0 Å². The van der Waals surface area contributed by atoms with E-state index in [1.54, 1.807) is 36.5 Å². The summed E-state index contributed by atoms with van der Waals surface area (Å²) in [5.74, 6) is -0.181. The second-order valence-corrected chi connectivity index (χ2v) is 6.05. The third-order valence-electron chi connectivity index (χ3n) is 4.32. The number of para-hydroxylation sites is 1. The van der Waals surface area contributed by atoms with Crippen LogP contribution in [0.15, 0.2) is 65.2 Å². The predicted molar refractivity (Wildman–Crippen MR) is 103 cm³/mol. The first-order chi connectivity index (χ1) is 13.5. The number of pyridine rings is 1. The first kappa shape index (κ1) is 17.3. The van der Waals surface area contributed by atoms with Gasteiger partial charge in [0.05, 0.1) is 4.92 Å². The topological polar surface area (TPSA) is 111 Å². The van der Waals surface area contributed by atoms with Crippen molar-refractivity contribution in [2.24, 2.45) is 0 Å². The lowest BCUT2D eigenvalue weighted by molar-refractivity contribution is -0.385. The van der Waals surface area contributed by atoms with E-state index in [4.69, 9.17) is 4.42 Å². The molecule has 0 fully saturated rings. The SMILES string of the molecule is Cc1c(NC(=O)c2ccccc2[N+](=O)[O-])cccc1-c1nc2ncccc2o1. The average Bonchev–Trinajstić information content (AvgIpc) is 3.13. The van der Waals surface area contributed by atoms with Gasteiger partial charge in [-0.05, 0) is 42.8 Å². The van der Waals surface area contributed by atoms with E-state index < -0.39 is 10.8 Å². The molecule has 8 heteroatoms. The zero-order valence-electron chi connectivity index (χ0n) is 14.7. The number of fused-ring (bicyclic) bond motifs is 1. The van der Waals surface area contributed by atoms with Gasteiger partial charge in [0, 0.05) is 23.5 Å². The molecule has 8 nitrogen and oxygen atoms in total. The molecule has 138 valence electrons. The summed E-state index contributed by atoms with van der Waals surface area (Å²) in [5, 5.41) is 13.9. The normalized spacial score (nSPS) is 10.8. The number of carbonyl (C=O) groups is 1. The molecule has 0 aliphatic carbocycles. The molecule has 0 radical (unpaired) electrons. The van der Waals surface area contributed by atoms with Gasteiger partial charge in [0.15, 0.2) is 11.2 Å². The highest BCUT2D eigenvalue weighted by Crippen LogP contribution is 2.30. The molecule has 0 spiro atoms. The second-order valence-electron chi connectivity index (χ2n) is 6.05. The smallest absolute Gasteiger partial charge is 0.282 e. The van der Waals surface area contributed by atoms with Crippen molar-refractivity contribution in [2.45, 2.75) is 6.92 Å². The minimum absolute atomic E-state index is 0.0108. The van der Waals surface area contributed by atoms with Gasteiger partial charge in [-0.15, -0.1) is 0 Å². The molecule has 0 bridgehead atoms. The van der Waals surface area contributed by atoms with Crippen LogP contribution in [0.2, 0.25) is 0 Å². The summed E-state index contributed by atoms with van der Waals surface area (Å²) in [7, 11) is 0. The van der Waals surface area contributed by atoms with Crippen LogP contribution in [-0.2, 0) is 0 Å². The Morgan fingerprint density at radius 1 is 1.11 bits per heavy atom. The highest BCUT2D eigenvalue weighted by molar-refractivity contribution is 6.07. The summed E-state index contributed by atoms with van der Waals surface area (Å²) in [5.41, 5.74) is 2.72. The van der Waals surface area contributed by atoms with Gasteiger partial charge >= 0.3 is 0 Å². The van der Waals surface area contributed by atoms with Gasteiger partial charge < -0.3 is 9.73 Å². The lowest BCUT2D eigenvalue weighted by Crippen LogP contribution is -2.14. The molecule has 0 atom stereocenters. The molecule has 2 heterocycles. The number of benzene rings is 2. The molecule has 0 unspecified atom stereocenters. The number of hydrogen-bond acceptors (Lipinski definition) is 6. The molecule has 0 aliphatic heterocycles. The molecule has 1 amide bonds. The number of anilines is 1. The minimum atomic E-state index is -0.580. The predicted octanol–water partition coefficient (Wildman–Crippen LogP) is 4.36. The Bertz CT molecular complexity index is 1180. The van der Waals surface area contributed by atoms with Crippen LogP contribution in [0.25, 0.3) is 22.7 Å². The van der Waals surface area contributed by atoms with E-state index in [-0.39, 0.29) is 11.3 Å². The summed E-state index contributed by atoms with van der Waals surface area (Å²) < 4.78 is 5.75. The van der Waals surface area contributed by atoms with Crippen molar-refractivity contribution in [3.63, 3.8) is 0 Å². The van der Waals surface area contributed by atoms with E-state index in [9.17, 15) is 14.9 Å². The van der Waals surface area contributed by atoms with Crippen LogP contribution in [0.4, 0.5) is 11.4 Å². The zero-order valence-corrected chi connectivity index (χ0v) is 14.7. The zero-order chi connectivity index (χ0) is 19.7. The van der Waals surface area contributed by atoms with E-state index in [0.717, 1.165) is 5.56 Å². The van der Waals surface area contributed by atoms with Crippen molar-refractivity contribution < 1.29 is 14.1 Å². The summed E-state index contributed by atoms with van der Waals surface area (Å²) in [6.45, 7) is 1.81. The van der Waals surface area contributed by atoms with E-state index in [1.165, 1.54) is 18.2 Å². The molecule has 1 N–H and O–H groups in total. The lowest BCUT2D eigenvalue weighted by Gasteiger charge is -2.11.